The third kappa shape index (κ3) is 5.38. The van der Waals surface area contributed by atoms with E-state index in [4.69, 9.17) is 14.2 Å². The van der Waals surface area contributed by atoms with Crippen molar-refractivity contribution < 1.29 is 32.2 Å². The Morgan fingerprint density at radius 2 is 1.72 bits per heavy atom. The Hall–Kier alpha value is -3.11. The lowest BCUT2D eigenvalue weighted by molar-refractivity contribution is -0.119. The highest BCUT2D eigenvalue weighted by Gasteiger charge is 2.26. The molecule has 10 heteroatoms. The van der Waals surface area contributed by atoms with Crippen molar-refractivity contribution in [1.29, 1.82) is 0 Å². The van der Waals surface area contributed by atoms with Crippen molar-refractivity contribution in [3.63, 3.8) is 0 Å². The first-order valence-corrected chi connectivity index (χ1v) is 11.6. The van der Waals surface area contributed by atoms with Crippen LogP contribution in [0.2, 0.25) is 0 Å². The molecule has 2 aromatic rings. The van der Waals surface area contributed by atoms with E-state index in [9.17, 15) is 18.0 Å². The monoisotopic (exact) mass is 462 g/mol. The predicted molar refractivity (Wildman–Crippen MR) is 118 cm³/mol. The Labute approximate surface area is 187 Å². The second-order valence-corrected chi connectivity index (χ2v) is 9.10. The number of sulfonamides is 1. The highest BCUT2D eigenvalue weighted by molar-refractivity contribution is 7.89. The van der Waals surface area contributed by atoms with Gasteiger partial charge < -0.3 is 19.5 Å². The highest BCUT2D eigenvalue weighted by Crippen LogP contribution is 2.31. The zero-order valence-electron chi connectivity index (χ0n) is 18.0. The number of nitrogens with zero attached hydrogens (tertiary/aromatic N) is 1. The number of nitrogens with one attached hydrogen (secondary N) is 1. The number of anilines is 1. The van der Waals surface area contributed by atoms with Crippen molar-refractivity contribution in [2.24, 2.45) is 0 Å². The van der Waals surface area contributed by atoms with E-state index in [0.717, 1.165) is 19.3 Å². The van der Waals surface area contributed by atoms with Crippen LogP contribution in [0.25, 0.3) is 0 Å². The predicted octanol–water partition coefficient (Wildman–Crippen LogP) is 2.67. The van der Waals surface area contributed by atoms with Gasteiger partial charge in [0, 0.05) is 18.8 Å². The Kier molecular flexibility index (Phi) is 7.70. The van der Waals surface area contributed by atoms with Gasteiger partial charge in [0.1, 0.15) is 5.56 Å². The number of esters is 1. The molecule has 2 aromatic carbocycles. The Bertz CT molecular complexity index is 1080. The van der Waals surface area contributed by atoms with E-state index < -0.39 is 28.5 Å². The van der Waals surface area contributed by atoms with E-state index >= 15 is 0 Å². The molecule has 0 bridgehead atoms. The molecule has 1 aliphatic rings. The first-order valence-electron chi connectivity index (χ1n) is 10.1. The Morgan fingerprint density at radius 1 is 1.00 bits per heavy atom. The van der Waals surface area contributed by atoms with E-state index in [1.54, 1.807) is 24.3 Å². The third-order valence-corrected chi connectivity index (χ3v) is 6.92. The van der Waals surface area contributed by atoms with E-state index in [1.165, 1.54) is 36.7 Å². The first-order chi connectivity index (χ1) is 15.4. The van der Waals surface area contributed by atoms with Gasteiger partial charge in [0.25, 0.3) is 5.91 Å². The van der Waals surface area contributed by atoms with Crippen molar-refractivity contribution in [1.82, 2.24) is 4.31 Å². The molecule has 0 aromatic heterocycles. The maximum Gasteiger partial charge on any atom is 0.342 e. The summed E-state index contributed by atoms with van der Waals surface area (Å²) in [6.45, 7) is 0.424. The molecule has 0 unspecified atom stereocenters. The quantitative estimate of drug-likeness (QED) is 0.601. The molecular weight excluding hydrogens is 436 g/mol. The summed E-state index contributed by atoms with van der Waals surface area (Å²) >= 11 is 0. The maximum absolute atomic E-state index is 12.8. The van der Waals surface area contributed by atoms with Gasteiger partial charge in [-0.1, -0.05) is 18.6 Å². The smallest absolute Gasteiger partial charge is 0.342 e. The molecule has 9 nitrogen and oxygen atoms in total. The van der Waals surface area contributed by atoms with Gasteiger partial charge in [-0.2, -0.15) is 4.31 Å². The summed E-state index contributed by atoms with van der Waals surface area (Å²) in [6.07, 6.45) is 2.68. The van der Waals surface area contributed by atoms with E-state index in [-0.39, 0.29) is 16.2 Å². The van der Waals surface area contributed by atoms with Gasteiger partial charge in [-0.05, 0) is 43.2 Å². The number of carbonyl (C=O) groups excluding carboxylic acids is 2. The lowest BCUT2D eigenvalue weighted by atomic mass is 10.2. The molecule has 0 radical (unpaired) electrons. The fraction of sp³-hybridized carbons (Fsp3) is 0.364. The lowest BCUT2D eigenvalue weighted by Gasteiger charge is -2.26. The molecule has 0 atom stereocenters. The summed E-state index contributed by atoms with van der Waals surface area (Å²) < 4.78 is 42.6. The number of rotatable bonds is 8. The van der Waals surface area contributed by atoms with Gasteiger partial charge >= 0.3 is 5.97 Å². The Balaban J connectivity index is 1.63. The molecule has 1 amide bonds. The number of piperidine rings is 1. The SMILES string of the molecule is COc1cccc(C(=O)OCC(=O)Nc2cccc(S(=O)(=O)N3CCCCC3)c2)c1OC. The van der Waals surface area contributed by atoms with Crippen molar-refractivity contribution in [3.8, 4) is 11.5 Å². The molecule has 32 heavy (non-hydrogen) atoms. The molecule has 1 fully saturated rings. The zero-order valence-corrected chi connectivity index (χ0v) is 18.8. The molecular formula is C22H26N2O7S. The molecule has 0 saturated carbocycles. The standard InChI is InChI=1S/C22H26N2O7S/c1-29-19-11-7-10-18(21(19)30-2)22(26)31-15-20(25)23-16-8-6-9-17(14-16)32(27,28)24-12-4-3-5-13-24/h6-11,14H,3-5,12-13,15H2,1-2H3,(H,23,25). The topological polar surface area (TPSA) is 111 Å². The molecule has 1 saturated heterocycles. The normalized spacial score (nSPS) is 14.4. The van der Waals surface area contributed by atoms with Gasteiger partial charge in [-0.15, -0.1) is 0 Å². The summed E-state index contributed by atoms with van der Waals surface area (Å²) in [5, 5.41) is 2.56. The van der Waals surface area contributed by atoms with Crippen LogP contribution in [0.1, 0.15) is 29.6 Å². The van der Waals surface area contributed by atoms with E-state index in [2.05, 4.69) is 5.32 Å². The van der Waals surface area contributed by atoms with Crippen LogP contribution < -0.4 is 14.8 Å². The average Bonchev–Trinajstić information content (AvgIpc) is 2.82. The van der Waals surface area contributed by atoms with Crippen molar-refractivity contribution in [3.05, 3.63) is 48.0 Å². The second-order valence-electron chi connectivity index (χ2n) is 7.16. The minimum atomic E-state index is -3.63. The minimum absolute atomic E-state index is 0.107. The number of ether oxygens (including phenoxy) is 3. The van der Waals surface area contributed by atoms with Crippen LogP contribution in [-0.4, -0.2) is 58.5 Å². The van der Waals surface area contributed by atoms with Gasteiger partial charge in [-0.25, -0.2) is 13.2 Å². The molecule has 1 aliphatic heterocycles. The van der Waals surface area contributed by atoms with Crippen LogP contribution >= 0.6 is 0 Å². The number of carbonyl (C=O) groups is 2. The van der Waals surface area contributed by atoms with Crippen LogP contribution in [0.15, 0.2) is 47.4 Å². The maximum atomic E-state index is 12.8. The molecule has 1 N–H and O–H groups in total. The number of hydrogen-bond donors (Lipinski definition) is 1. The third-order valence-electron chi connectivity index (χ3n) is 5.03. The van der Waals surface area contributed by atoms with Gasteiger partial charge in [0.15, 0.2) is 18.1 Å². The van der Waals surface area contributed by atoms with Crippen molar-refractivity contribution in [2.75, 3.05) is 39.2 Å². The number of hydrogen-bond acceptors (Lipinski definition) is 7. The van der Waals surface area contributed by atoms with Crippen LogP contribution in [0, 0.1) is 0 Å². The fourth-order valence-corrected chi connectivity index (χ4v) is 5.01. The second kappa shape index (κ2) is 10.5. The Morgan fingerprint density at radius 3 is 2.41 bits per heavy atom. The molecule has 0 aliphatic carbocycles. The van der Waals surface area contributed by atoms with Gasteiger partial charge in [0.05, 0.1) is 19.1 Å². The number of para-hydroxylation sites is 1. The van der Waals surface area contributed by atoms with E-state index in [1.807, 2.05) is 0 Å². The number of amides is 1. The number of benzene rings is 2. The summed E-state index contributed by atoms with van der Waals surface area (Å²) in [7, 11) is -0.786. The summed E-state index contributed by atoms with van der Waals surface area (Å²) in [5.41, 5.74) is 0.414. The molecule has 3 rings (SSSR count). The lowest BCUT2D eigenvalue weighted by Crippen LogP contribution is -2.35. The van der Waals surface area contributed by atoms with E-state index in [0.29, 0.717) is 24.5 Å². The first kappa shape index (κ1) is 23.6. The fourth-order valence-electron chi connectivity index (χ4n) is 3.44. The van der Waals surface area contributed by atoms with Crippen LogP contribution in [0.5, 0.6) is 11.5 Å². The average molecular weight is 463 g/mol. The number of methoxy groups -OCH3 is 2. The zero-order chi connectivity index (χ0) is 23.1. The summed E-state index contributed by atoms with van der Waals surface area (Å²) in [5.74, 6) is -0.792. The van der Waals surface area contributed by atoms with Crippen molar-refractivity contribution in [2.45, 2.75) is 24.2 Å². The highest BCUT2D eigenvalue weighted by atomic mass is 32.2. The van der Waals surface area contributed by atoms with Crippen LogP contribution in [-0.2, 0) is 19.6 Å². The summed E-state index contributed by atoms with van der Waals surface area (Å²) in [6, 6.07) is 10.7. The van der Waals surface area contributed by atoms with Crippen LogP contribution in [0.3, 0.4) is 0 Å². The molecule has 172 valence electrons. The van der Waals surface area contributed by atoms with Gasteiger partial charge in [-0.3, -0.25) is 4.79 Å². The largest absolute Gasteiger partial charge is 0.493 e. The molecule has 1 heterocycles. The molecule has 0 spiro atoms. The van der Waals surface area contributed by atoms with Gasteiger partial charge in [0.2, 0.25) is 10.0 Å². The van der Waals surface area contributed by atoms with Crippen molar-refractivity contribution >= 4 is 27.6 Å². The summed E-state index contributed by atoms with van der Waals surface area (Å²) in [4.78, 5) is 24.8. The minimum Gasteiger partial charge on any atom is -0.493 e. The van der Waals surface area contributed by atoms with Crippen LogP contribution in [0.4, 0.5) is 5.69 Å².